The van der Waals surface area contributed by atoms with Gasteiger partial charge >= 0.3 is 5.97 Å². The number of hydrogen-bond donors (Lipinski definition) is 1. The average Bonchev–Trinajstić information content (AvgIpc) is 3.14. The summed E-state index contributed by atoms with van der Waals surface area (Å²) in [7, 11) is 1.55. The van der Waals surface area contributed by atoms with Crippen LogP contribution in [-0.2, 0) is 19.1 Å². The second kappa shape index (κ2) is 9.23. The largest absolute Gasteiger partial charge is 0.497 e. The maximum absolute atomic E-state index is 12.3. The Bertz CT molecular complexity index is 884. The molecule has 1 saturated heterocycles. The molecule has 7 heteroatoms. The Labute approximate surface area is 169 Å². The molecule has 2 aromatic carbocycles. The molecular weight excluding hydrogens is 372 g/mol. The van der Waals surface area contributed by atoms with Crippen LogP contribution in [0.15, 0.2) is 54.6 Å². The molecule has 2 aromatic rings. The Morgan fingerprint density at radius 2 is 1.93 bits per heavy atom. The zero-order chi connectivity index (χ0) is 20.8. The van der Waals surface area contributed by atoms with Crippen molar-refractivity contribution in [2.45, 2.75) is 19.4 Å². The monoisotopic (exact) mass is 396 g/mol. The molecule has 0 saturated carbocycles. The zero-order valence-corrected chi connectivity index (χ0v) is 16.5. The second-order valence-electron chi connectivity index (χ2n) is 6.91. The van der Waals surface area contributed by atoms with E-state index in [0.717, 1.165) is 5.56 Å². The summed E-state index contributed by atoms with van der Waals surface area (Å²) in [6.07, 6.45) is 0.0537. The molecule has 7 nitrogen and oxygen atoms in total. The van der Waals surface area contributed by atoms with E-state index in [9.17, 15) is 14.4 Å². The number of benzene rings is 2. The summed E-state index contributed by atoms with van der Waals surface area (Å²) in [5, 5.41) is 2.79. The van der Waals surface area contributed by atoms with Gasteiger partial charge in [-0.2, -0.15) is 0 Å². The van der Waals surface area contributed by atoms with E-state index in [2.05, 4.69) is 5.32 Å². The number of anilines is 1. The van der Waals surface area contributed by atoms with E-state index in [1.54, 1.807) is 31.4 Å². The number of hydrogen-bond acceptors (Lipinski definition) is 5. The van der Waals surface area contributed by atoms with Gasteiger partial charge in [0, 0.05) is 24.7 Å². The molecule has 3 rings (SSSR count). The molecule has 0 spiro atoms. The highest BCUT2D eigenvalue weighted by atomic mass is 16.5. The molecule has 0 radical (unpaired) electrons. The van der Waals surface area contributed by atoms with Crippen molar-refractivity contribution in [1.82, 2.24) is 5.32 Å². The molecule has 1 N–H and O–H groups in total. The van der Waals surface area contributed by atoms with E-state index >= 15 is 0 Å². The van der Waals surface area contributed by atoms with Gasteiger partial charge in [-0.15, -0.1) is 0 Å². The van der Waals surface area contributed by atoms with Crippen molar-refractivity contribution in [3.8, 4) is 5.75 Å². The maximum Gasteiger partial charge on any atom is 0.311 e. The lowest BCUT2D eigenvalue weighted by Crippen LogP contribution is -2.32. The maximum atomic E-state index is 12.3. The van der Waals surface area contributed by atoms with E-state index in [0.29, 0.717) is 11.4 Å². The van der Waals surface area contributed by atoms with Gasteiger partial charge in [-0.1, -0.05) is 36.4 Å². The number of nitrogens with zero attached hydrogens (tertiary/aromatic N) is 1. The number of carbonyl (C=O) groups is 3. The van der Waals surface area contributed by atoms with Crippen LogP contribution in [0.25, 0.3) is 0 Å². The quantitative estimate of drug-likeness (QED) is 0.727. The van der Waals surface area contributed by atoms with Gasteiger partial charge in [0.05, 0.1) is 19.1 Å². The number of carbonyl (C=O) groups excluding carboxylic acids is 3. The fraction of sp³-hybridized carbons (Fsp3) is 0.318. The summed E-state index contributed by atoms with van der Waals surface area (Å²) < 4.78 is 10.3. The second-order valence-corrected chi connectivity index (χ2v) is 6.91. The standard InChI is InChI=1S/C22H24N2O5/c1-15(16-7-4-3-5-8-16)23-20(25)14-29-22(27)17-11-21(26)24(13-17)18-9-6-10-19(12-18)28-2/h3-10,12,15,17H,11,13-14H2,1-2H3,(H,23,25). The summed E-state index contributed by atoms with van der Waals surface area (Å²) in [6.45, 7) is 1.70. The Hall–Kier alpha value is -3.35. The van der Waals surface area contributed by atoms with Crippen LogP contribution in [0, 0.1) is 5.92 Å². The molecule has 2 unspecified atom stereocenters. The molecule has 1 fully saturated rings. The van der Waals surface area contributed by atoms with Gasteiger partial charge in [-0.3, -0.25) is 14.4 Å². The molecule has 152 valence electrons. The van der Waals surface area contributed by atoms with Crippen LogP contribution >= 0.6 is 0 Å². The fourth-order valence-electron chi connectivity index (χ4n) is 3.26. The van der Waals surface area contributed by atoms with Gasteiger partial charge in [0.15, 0.2) is 6.61 Å². The highest BCUT2D eigenvalue weighted by Gasteiger charge is 2.36. The molecule has 0 aromatic heterocycles. The molecule has 0 bridgehead atoms. The van der Waals surface area contributed by atoms with Gasteiger partial charge in [0.1, 0.15) is 5.75 Å². The molecular formula is C22H24N2O5. The number of methoxy groups -OCH3 is 1. The topological polar surface area (TPSA) is 84.9 Å². The van der Waals surface area contributed by atoms with Crippen molar-refractivity contribution < 1.29 is 23.9 Å². The smallest absolute Gasteiger partial charge is 0.311 e. The predicted octanol–water partition coefficient (Wildman–Crippen LogP) is 2.47. The van der Waals surface area contributed by atoms with E-state index in [4.69, 9.17) is 9.47 Å². The molecule has 1 aliphatic heterocycles. The fourth-order valence-corrected chi connectivity index (χ4v) is 3.26. The van der Waals surface area contributed by atoms with Gasteiger partial charge in [0.2, 0.25) is 5.91 Å². The van der Waals surface area contributed by atoms with Crippen LogP contribution in [0.3, 0.4) is 0 Å². The van der Waals surface area contributed by atoms with E-state index in [1.165, 1.54) is 4.90 Å². The molecule has 0 aliphatic carbocycles. The van der Waals surface area contributed by atoms with Gasteiger partial charge in [0.25, 0.3) is 5.91 Å². The molecule has 1 aliphatic rings. The van der Waals surface area contributed by atoms with Crippen LogP contribution < -0.4 is 15.0 Å². The number of rotatable bonds is 7. The Balaban J connectivity index is 1.51. The summed E-state index contributed by atoms with van der Waals surface area (Å²) in [6, 6.07) is 16.4. The molecule has 29 heavy (non-hydrogen) atoms. The third-order valence-electron chi connectivity index (χ3n) is 4.85. The number of ether oxygens (including phenoxy) is 2. The SMILES string of the molecule is COc1cccc(N2CC(C(=O)OCC(=O)NC(C)c3ccccc3)CC2=O)c1. The van der Waals surface area contributed by atoms with E-state index in [1.807, 2.05) is 37.3 Å². The van der Waals surface area contributed by atoms with Crippen molar-refractivity contribution in [2.75, 3.05) is 25.2 Å². The zero-order valence-electron chi connectivity index (χ0n) is 16.5. The Kier molecular flexibility index (Phi) is 6.49. The van der Waals surface area contributed by atoms with Crippen molar-refractivity contribution in [3.63, 3.8) is 0 Å². The first-order valence-corrected chi connectivity index (χ1v) is 9.43. The van der Waals surface area contributed by atoms with Crippen molar-refractivity contribution in [3.05, 3.63) is 60.2 Å². The minimum atomic E-state index is -0.604. The lowest BCUT2D eigenvalue weighted by Gasteiger charge is -2.17. The van der Waals surface area contributed by atoms with Gasteiger partial charge < -0.3 is 19.7 Å². The highest BCUT2D eigenvalue weighted by Crippen LogP contribution is 2.28. The third kappa shape index (κ3) is 5.13. The van der Waals surface area contributed by atoms with Crippen LogP contribution in [0.5, 0.6) is 5.75 Å². The van der Waals surface area contributed by atoms with Crippen LogP contribution in [0.1, 0.15) is 24.9 Å². The minimum absolute atomic E-state index is 0.0537. The van der Waals surface area contributed by atoms with E-state index in [-0.39, 0.29) is 37.4 Å². The first-order chi connectivity index (χ1) is 14.0. The molecule has 1 heterocycles. The summed E-state index contributed by atoms with van der Waals surface area (Å²) >= 11 is 0. The van der Waals surface area contributed by atoms with Crippen molar-refractivity contribution in [2.24, 2.45) is 5.92 Å². The van der Waals surface area contributed by atoms with Crippen molar-refractivity contribution >= 4 is 23.5 Å². The summed E-state index contributed by atoms with van der Waals surface area (Å²) in [5.74, 6) is -1.07. The minimum Gasteiger partial charge on any atom is -0.497 e. The van der Waals surface area contributed by atoms with Crippen LogP contribution in [-0.4, -0.2) is 38.0 Å². The third-order valence-corrected chi connectivity index (χ3v) is 4.85. The summed E-state index contributed by atoms with van der Waals surface area (Å²) in [4.78, 5) is 38.3. The average molecular weight is 396 g/mol. The van der Waals surface area contributed by atoms with Gasteiger partial charge in [-0.05, 0) is 24.6 Å². The first kappa shape index (κ1) is 20.4. The lowest BCUT2D eigenvalue weighted by atomic mass is 10.1. The first-order valence-electron chi connectivity index (χ1n) is 9.43. The van der Waals surface area contributed by atoms with Crippen LogP contribution in [0.2, 0.25) is 0 Å². The van der Waals surface area contributed by atoms with E-state index < -0.39 is 11.9 Å². The Morgan fingerprint density at radius 3 is 2.66 bits per heavy atom. The molecule has 2 amide bonds. The Morgan fingerprint density at radius 1 is 1.17 bits per heavy atom. The highest BCUT2D eigenvalue weighted by molar-refractivity contribution is 5.99. The predicted molar refractivity (Wildman–Crippen MR) is 107 cm³/mol. The van der Waals surface area contributed by atoms with Crippen LogP contribution in [0.4, 0.5) is 5.69 Å². The number of esters is 1. The molecule has 2 atom stereocenters. The van der Waals surface area contributed by atoms with Crippen molar-refractivity contribution in [1.29, 1.82) is 0 Å². The normalized spacial score (nSPS) is 17.0. The number of amides is 2. The van der Waals surface area contributed by atoms with Gasteiger partial charge in [-0.25, -0.2) is 0 Å². The lowest BCUT2D eigenvalue weighted by molar-refractivity contribution is -0.152. The summed E-state index contributed by atoms with van der Waals surface area (Å²) in [5.41, 5.74) is 1.63. The number of nitrogens with one attached hydrogen (secondary N) is 1.